The van der Waals surface area contributed by atoms with Crippen molar-refractivity contribution in [2.45, 2.75) is 6.42 Å². The van der Waals surface area contributed by atoms with E-state index in [1.54, 1.807) is 48.5 Å². The predicted molar refractivity (Wildman–Crippen MR) is 68.1 cm³/mol. The highest BCUT2D eigenvalue weighted by Gasteiger charge is 2.12. The van der Waals surface area contributed by atoms with Gasteiger partial charge in [0, 0.05) is 39.2 Å². The van der Waals surface area contributed by atoms with Crippen molar-refractivity contribution in [2.75, 3.05) is 13.6 Å². The zero-order chi connectivity index (χ0) is 13.0. The molecule has 0 spiro atoms. The summed E-state index contributed by atoms with van der Waals surface area (Å²) in [5.41, 5.74) is 1.80. The molecule has 5 heteroatoms. The fourth-order valence-corrected chi connectivity index (χ4v) is 1.70. The molecule has 0 atom stereocenters. The predicted octanol–water partition coefficient (Wildman–Crippen LogP) is 1.13. The first-order valence-corrected chi connectivity index (χ1v) is 5.80. The van der Waals surface area contributed by atoms with Crippen molar-refractivity contribution >= 4 is 5.91 Å². The number of rotatable bonds is 4. The summed E-state index contributed by atoms with van der Waals surface area (Å²) in [6.45, 7) is 0.678. The minimum Gasteiger partial charge on any atom is -0.341 e. The zero-order valence-electron chi connectivity index (χ0n) is 10.6. The number of carbonyl (C=O) groups is 1. The normalized spacial score (nSPS) is 10.3. The summed E-state index contributed by atoms with van der Waals surface area (Å²) in [5, 5.41) is 4.00. The third-order valence-corrected chi connectivity index (χ3v) is 2.78. The number of hydrogen-bond donors (Lipinski definition) is 0. The number of carbonyl (C=O) groups excluding carboxylic acids is 1. The smallest absolute Gasteiger partial charge is 0.256 e. The largest absolute Gasteiger partial charge is 0.341 e. The van der Waals surface area contributed by atoms with Crippen LogP contribution in [-0.2, 0) is 13.5 Å². The summed E-state index contributed by atoms with van der Waals surface area (Å²) in [4.78, 5) is 17.7. The van der Waals surface area contributed by atoms with Crippen molar-refractivity contribution < 1.29 is 4.79 Å². The van der Waals surface area contributed by atoms with E-state index in [4.69, 9.17) is 0 Å². The molecule has 0 aromatic carbocycles. The second kappa shape index (κ2) is 5.44. The Morgan fingerprint density at radius 2 is 2.11 bits per heavy atom. The van der Waals surface area contributed by atoms with Gasteiger partial charge in [0.25, 0.3) is 5.91 Å². The maximum absolute atomic E-state index is 12.0. The monoisotopic (exact) mass is 244 g/mol. The van der Waals surface area contributed by atoms with Gasteiger partial charge in [-0.15, -0.1) is 0 Å². The minimum absolute atomic E-state index is 0.00263. The number of nitrogens with zero attached hydrogens (tertiary/aromatic N) is 4. The molecule has 0 saturated carbocycles. The van der Waals surface area contributed by atoms with Gasteiger partial charge < -0.3 is 4.90 Å². The van der Waals surface area contributed by atoms with Gasteiger partial charge in [-0.25, -0.2) is 0 Å². The molecule has 0 aliphatic heterocycles. The van der Waals surface area contributed by atoms with E-state index in [-0.39, 0.29) is 5.91 Å². The van der Waals surface area contributed by atoms with E-state index in [0.29, 0.717) is 12.1 Å². The van der Waals surface area contributed by atoms with Crippen LogP contribution < -0.4 is 0 Å². The van der Waals surface area contributed by atoms with Crippen LogP contribution >= 0.6 is 0 Å². The lowest BCUT2D eigenvalue weighted by atomic mass is 10.2. The number of hydrogen-bond acceptors (Lipinski definition) is 3. The molecular weight excluding hydrogens is 228 g/mol. The van der Waals surface area contributed by atoms with Gasteiger partial charge in [-0.1, -0.05) is 0 Å². The molecule has 0 radical (unpaired) electrons. The summed E-state index contributed by atoms with van der Waals surface area (Å²) >= 11 is 0. The average Bonchev–Trinajstić information content (AvgIpc) is 2.83. The molecule has 2 rings (SSSR count). The van der Waals surface area contributed by atoms with E-state index in [0.717, 1.165) is 6.42 Å². The maximum atomic E-state index is 12.0. The Balaban J connectivity index is 1.92. The fourth-order valence-electron chi connectivity index (χ4n) is 1.70. The van der Waals surface area contributed by atoms with Gasteiger partial charge in [0.2, 0.25) is 0 Å². The Hall–Kier alpha value is -2.17. The maximum Gasteiger partial charge on any atom is 0.256 e. The Bertz CT molecular complexity index is 521. The zero-order valence-corrected chi connectivity index (χ0v) is 10.6. The number of amides is 1. The fraction of sp³-hybridized carbons (Fsp3) is 0.308. The second-order valence-corrected chi connectivity index (χ2v) is 4.23. The lowest BCUT2D eigenvalue weighted by molar-refractivity contribution is 0.0796. The van der Waals surface area contributed by atoms with E-state index in [1.165, 1.54) is 5.56 Å². The number of aromatic nitrogens is 3. The Labute approximate surface area is 106 Å². The van der Waals surface area contributed by atoms with E-state index in [2.05, 4.69) is 10.1 Å². The highest BCUT2D eigenvalue weighted by atomic mass is 16.2. The van der Waals surface area contributed by atoms with Crippen LogP contribution in [0.15, 0.2) is 36.9 Å². The number of pyridine rings is 1. The summed E-state index contributed by atoms with van der Waals surface area (Å²) in [5.74, 6) is -0.00263. The molecule has 2 aromatic rings. The van der Waals surface area contributed by atoms with Gasteiger partial charge in [-0.2, -0.15) is 5.10 Å². The average molecular weight is 244 g/mol. The van der Waals surface area contributed by atoms with Crippen LogP contribution in [0.3, 0.4) is 0 Å². The van der Waals surface area contributed by atoms with Crippen LogP contribution in [0, 0.1) is 0 Å². The van der Waals surface area contributed by atoms with Crippen molar-refractivity contribution in [3.63, 3.8) is 0 Å². The SMILES string of the molecule is CN(CCc1ccncc1)C(=O)c1cnn(C)c1. The Morgan fingerprint density at radius 1 is 1.39 bits per heavy atom. The lowest BCUT2D eigenvalue weighted by Gasteiger charge is -2.16. The van der Waals surface area contributed by atoms with E-state index >= 15 is 0 Å². The standard InChI is InChI=1S/C13H16N4O/c1-16(8-5-11-3-6-14-7-4-11)13(18)12-9-15-17(2)10-12/h3-4,6-7,9-10H,5,8H2,1-2H3. The second-order valence-electron chi connectivity index (χ2n) is 4.23. The highest BCUT2D eigenvalue weighted by Crippen LogP contribution is 2.04. The van der Waals surface area contributed by atoms with Crippen molar-refractivity contribution in [1.29, 1.82) is 0 Å². The third kappa shape index (κ3) is 2.94. The van der Waals surface area contributed by atoms with Crippen molar-refractivity contribution in [3.8, 4) is 0 Å². The van der Waals surface area contributed by atoms with E-state index in [9.17, 15) is 4.79 Å². The van der Waals surface area contributed by atoms with Crippen LogP contribution in [0.25, 0.3) is 0 Å². The van der Waals surface area contributed by atoms with Crippen LogP contribution in [0.2, 0.25) is 0 Å². The molecule has 0 aliphatic carbocycles. The quantitative estimate of drug-likeness (QED) is 0.810. The molecule has 0 aliphatic rings. The number of aryl methyl sites for hydroxylation is 1. The first-order chi connectivity index (χ1) is 8.66. The van der Waals surface area contributed by atoms with E-state index < -0.39 is 0 Å². The van der Waals surface area contributed by atoms with Crippen LogP contribution in [0.4, 0.5) is 0 Å². The van der Waals surface area contributed by atoms with Crippen molar-refractivity contribution in [3.05, 3.63) is 48.0 Å². The molecule has 2 heterocycles. The third-order valence-electron chi connectivity index (χ3n) is 2.78. The lowest BCUT2D eigenvalue weighted by Crippen LogP contribution is -2.28. The Morgan fingerprint density at radius 3 is 2.72 bits per heavy atom. The molecule has 0 unspecified atom stereocenters. The molecule has 18 heavy (non-hydrogen) atoms. The van der Waals surface area contributed by atoms with E-state index in [1.807, 2.05) is 12.1 Å². The summed E-state index contributed by atoms with van der Waals surface area (Å²) in [6.07, 6.45) is 7.66. The summed E-state index contributed by atoms with van der Waals surface area (Å²) in [6, 6.07) is 3.92. The molecular formula is C13H16N4O. The summed E-state index contributed by atoms with van der Waals surface area (Å²) < 4.78 is 1.63. The molecule has 0 bridgehead atoms. The van der Waals surface area contributed by atoms with Gasteiger partial charge in [0.15, 0.2) is 0 Å². The van der Waals surface area contributed by atoms with Crippen LogP contribution in [0.5, 0.6) is 0 Å². The number of likely N-dealkylation sites (N-methyl/N-ethyl adjacent to an activating group) is 1. The topological polar surface area (TPSA) is 51.0 Å². The molecule has 0 fully saturated rings. The minimum atomic E-state index is -0.00263. The van der Waals surface area contributed by atoms with Gasteiger partial charge in [0.1, 0.15) is 0 Å². The highest BCUT2D eigenvalue weighted by molar-refractivity contribution is 5.93. The first kappa shape index (κ1) is 12.3. The molecule has 2 aromatic heterocycles. The molecule has 0 N–H and O–H groups in total. The molecule has 5 nitrogen and oxygen atoms in total. The van der Waals surface area contributed by atoms with Crippen LogP contribution in [0.1, 0.15) is 15.9 Å². The van der Waals surface area contributed by atoms with Crippen LogP contribution in [-0.4, -0.2) is 39.2 Å². The van der Waals surface area contributed by atoms with Crippen molar-refractivity contribution in [1.82, 2.24) is 19.7 Å². The van der Waals surface area contributed by atoms with Crippen molar-refractivity contribution in [2.24, 2.45) is 7.05 Å². The van der Waals surface area contributed by atoms with Gasteiger partial charge in [0.05, 0.1) is 11.8 Å². The first-order valence-electron chi connectivity index (χ1n) is 5.80. The van der Waals surface area contributed by atoms with Gasteiger partial charge in [-0.05, 0) is 24.1 Å². The van der Waals surface area contributed by atoms with Gasteiger partial charge in [-0.3, -0.25) is 14.5 Å². The molecule has 0 saturated heterocycles. The van der Waals surface area contributed by atoms with Gasteiger partial charge >= 0.3 is 0 Å². The molecule has 1 amide bonds. The Kier molecular flexibility index (Phi) is 3.72. The molecule has 94 valence electrons. The summed E-state index contributed by atoms with van der Waals surface area (Å²) in [7, 11) is 3.60.